The molecular formula is C26H25N3O. The Balaban J connectivity index is 1.92. The van der Waals surface area contributed by atoms with Gasteiger partial charge in [0.1, 0.15) is 0 Å². The van der Waals surface area contributed by atoms with Gasteiger partial charge in [-0.3, -0.25) is 4.79 Å². The second-order valence-electron chi connectivity index (χ2n) is 7.99. The number of amides is 1. The molecule has 0 atom stereocenters. The average molecular weight is 396 g/mol. The van der Waals surface area contributed by atoms with Crippen LogP contribution in [0.5, 0.6) is 0 Å². The van der Waals surface area contributed by atoms with Crippen molar-refractivity contribution in [1.29, 1.82) is 0 Å². The minimum Gasteiger partial charge on any atom is -0.344 e. The lowest BCUT2D eigenvalue weighted by atomic mass is 9.99. The number of benzene rings is 3. The van der Waals surface area contributed by atoms with E-state index in [0.717, 1.165) is 23.7 Å². The fraction of sp³-hybridized carbons (Fsp3) is 0.231. The summed E-state index contributed by atoms with van der Waals surface area (Å²) in [5, 5.41) is 5.60. The molecule has 2 heterocycles. The third-order valence-electron chi connectivity index (χ3n) is 6.13. The minimum absolute atomic E-state index is 0.0461. The van der Waals surface area contributed by atoms with Crippen molar-refractivity contribution in [3.05, 3.63) is 66.0 Å². The molecule has 4 heteroatoms. The van der Waals surface area contributed by atoms with Crippen molar-refractivity contribution in [2.24, 2.45) is 19.1 Å². The van der Waals surface area contributed by atoms with E-state index < -0.39 is 0 Å². The third-order valence-corrected chi connectivity index (χ3v) is 6.13. The largest absolute Gasteiger partial charge is 0.344 e. The molecule has 2 aromatic heterocycles. The highest BCUT2D eigenvalue weighted by Gasteiger charge is 2.15. The summed E-state index contributed by atoms with van der Waals surface area (Å²) in [5.41, 5.74) is 4.69. The highest BCUT2D eigenvalue weighted by molar-refractivity contribution is 6.24. The first-order valence-electron chi connectivity index (χ1n) is 10.6. The van der Waals surface area contributed by atoms with Gasteiger partial charge in [0, 0.05) is 36.7 Å². The van der Waals surface area contributed by atoms with E-state index in [4.69, 9.17) is 0 Å². The second-order valence-corrected chi connectivity index (χ2v) is 7.99. The van der Waals surface area contributed by atoms with Gasteiger partial charge < -0.3 is 9.13 Å². The quantitative estimate of drug-likeness (QED) is 0.290. The van der Waals surface area contributed by atoms with E-state index in [2.05, 4.69) is 83.7 Å². The van der Waals surface area contributed by atoms with Crippen molar-refractivity contribution in [3.8, 4) is 0 Å². The summed E-state index contributed by atoms with van der Waals surface area (Å²) in [4.78, 5) is 16.6. The molecule has 0 aliphatic rings. The predicted molar refractivity (Wildman–Crippen MR) is 125 cm³/mol. The predicted octanol–water partition coefficient (Wildman–Crippen LogP) is 5.59. The van der Waals surface area contributed by atoms with Gasteiger partial charge in [0.25, 0.3) is 0 Å². The Kier molecular flexibility index (Phi) is 4.43. The molecule has 0 aliphatic carbocycles. The van der Waals surface area contributed by atoms with E-state index in [1.54, 1.807) is 0 Å². The number of fused-ring (bicyclic) bond motifs is 4. The zero-order valence-corrected chi connectivity index (χ0v) is 17.6. The monoisotopic (exact) mass is 395 g/mol. The lowest BCUT2D eigenvalue weighted by molar-refractivity contribution is -0.118. The number of aromatic nitrogens is 2. The third kappa shape index (κ3) is 2.75. The Morgan fingerprint density at radius 2 is 1.60 bits per heavy atom. The summed E-state index contributed by atoms with van der Waals surface area (Å²) in [6.07, 6.45) is 2.39. The van der Waals surface area contributed by atoms with Gasteiger partial charge in [-0.25, -0.2) is 4.99 Å². The first kappa shape index (κ1) is 18.6. The fourth-order valence-electron chi connectivity index (χ4n) is 4.62. The van der Waals surface area contributed by atoms with Gasteiger partial charge in [-0.15, -0.1) is 0 Å². The van der Waals surface area contributed by atoms with Crippen molar-refractivity contribution in [3.63, 3.8) is 0 Å². The SMILES string of the molecule is CCCCC(=O)N=c1ccc2c3cccc4c3c(c3ccccc3n4C)n(C)c2c1. The van der Waals surface area contributed by atoms with Crippen LogP contribution in [-0.4, -0.2) is 15.0 Å². The van der Waals surface area contributed by atoms with Gasteiger partial charge in [-0.1, -0.05) is 49.7 Å². The van der Waals surface area contributed by atoms with Crippen LogP contribution in [0.25, 0.3) is 43.6 Å². The molecule has 0 spiro atoms. The molecule has 4 nitrogen and oxygen atoms in total. The van der Waals surface area contributed by atoms with Crippen molar-refractivity contribution >= 4 is 49.5 Å². The van der Waals surface area contributed by atoms with Crippen LogP contribution in [0.15, 0.2) is 65.7 Å². The van der Waals surface area contributed by atoms with Crippen molar-refractivity contribution < 1.29 is 4.79 Å². The Labute approximate surface area is 175 Å². The fourth-order valence-corrected chi connectivity index (χ4v) is 4.62. The normalized spacial score (nSPS) is 12.6. The standard InChI is InChI=1S/C26H25N3O/c1-4-5-13-24(30)27-17-14-15-18-19-10-8-12-22-25(19)26(29(3)23(18)16-17)20-9-6-7-11-21(20)28(22)2/h6-12,14-16H,4-5,13H2,1-3H3. The Morgan fingerprint density at radius 1 is 0.833 bits per heavy atom. The topological polar surface area (TPSA) is 39.3 Å². The maximum Gasteiger partial charge on any atom is 0.246 e. The lowest BCUT2D eigenvalue weighted by Gasteiger charge is -2.20. The molecule has 0 unspecified atom stereocenters. The van der Waals surface area contributed by atoms with Gasteiger partial charge in [0.05, 0.1) is 27.4 Å². The first-order valence-corrected chi connectivity index (χ1v) is 10.6. The van der Waals surface area contributed by atoms with Crippen LogP contribution in [0, 0.1) is 0 Å². The summed E-state index contributed by atoms with van der Waals surface area (Å²) >= 11 is 0. The Bertz CT molecular complexity index is 1520. The van der Waals surface area contributed by atoms with Crippen LogP contribution in [0.2, 0.25) is 0 Å². The summed E-state index contributed by atoms with van der Waals surface area (Å²) in [7, 11) is 4.24. The van der Waals surface area contributed by atoms with Crippen LogP contribution in [0.3, 0.4) is 0 Å². The van der Waals surface area contributed by atoms with Crippen molar-refractivity contribution in [2.75, 3.05) is 0 Å². The van der Waals surface area contributed by atoms with E-state index in [-0.39, 0.29) is 5.91 Å². The number of para-hydroxylation sites is 1. The van der Waals surface area contributed by atoms with Crippen LogP contribution in [0.1, 0.15) is 26.2 Å². The molecular weight excluding hydrogens is 370 g/mol. The Morgan fingerprint density at radius 3 is 2.43 bits per heavy atom. The van der Waals surface area contributed by atoms with E-state index in [9.17, 15) is 4.79 Å². The van der Waals surface area contributed by atoms with Crippen LogP contribution < -0.4 is 5.36 Å². The number of rotatable bonds is 3. The Hall–Kier alpha value is -3.40. The number of unbranched alkanes of at least 4 members (excludes halogenated alkanes) is 1. The molecule has 0 aliphatic heterocycles. The summed E-state index contributed by atoms with van der Waals surface area (Å²) in [6.45, 7) is 2.09. The van der Waals surface area contributed by atoms with E-state index in [0.29, 0.717) is 6.42 Å². The van der Waals surface area contributed by atoms with E-state index in [1.165, 1.54) is 38.1 Å². The van der Waals surface area contributed by atoms with Crippen LogP contribution >= 0.6 is 0 Å². The maximum atomic E-state index is 12.2. The van der Waals surface area contributed by atoms with Gasteiger partial charge in [-0.05, 0) is 36.1 Å². The molecule has 30 heavy (non-hydrogen) atoms. The molecule has 5 rings (SSSR count). The molecule has 150 valence electrons. The molecule has 1 amide bonds. The number of carbonyl (C=O) groups excluding carboxylic acids is 1. The smallest absolute Gasteiger partial charge is 0.246 e. The molecule has 0 bridgehead atoms. The van der Waals surface area contributed by atoms with E-state index >= 15 is 0 Å². The lowest BCUT2D eigenvalue weighted by Crippen LogP contribution is -2.09. The van der Waals surface area contributed by atoms with Gasteiger partial charge in [0.15, 0.2) is 0 Å². The molecule has 5 aromatic rings. The number of aryl methyl sites for hydroxylation is 2. The number of nitrogens with zero attached hydrogens (tertiary/aromatic N) is 3. The molecule has 0 radical (unpaired) electrons. The van der Waals surface area contributed by atoms with Gasteiger partial charge in [0.2, 0.25) is 5.91 Å². The second kappa shape index (κ2) is 7.13. The molecule has 0 fully saturated rings. The highest BCUT2D eigenvalue weighted by Crippen LogP contribution is 2.36. The molecule has 3 aromatic carbocycles. The minimum atomic E-state index is -0.0461. The maximum absolute atomic E-state index is 12.2. The molecule has 0 saturated heterocycles. The van der Waals surface area contributed by atoms with Crippen LogP contribution in [-0.2, 0) is 18.9 Å². The van der Waals surface area contributed by atoms with Crippen molar-refractivity contribution in [1.82, 2.24) is 9.13 Å². The molecule has 0 saturated carbocycles. The van der Waals surface area contributed by atoms with E-state index in [1.807, 2.05) is 12.1 Å². The zero-order chi connectivity index (χ0) is 20.8. The van der Waals surface area contributed by atoms with Crippen LogP contribution in [0.4, 0.5) is 0 Å². The number of hydrogen-bond acceptors (Lipinski definition) is 1. The average Bonchev–Trinajstić information content (AvgIpc) is 2.77. The zero-order valence-electron chi connectivity index (χ0n) is 17.6. The van der Waals surface area contributed by atoms with Gasteiger partial charge >= 0.3 is 0 Å². The summed E-state index contributed by atoms with van der Waals surface area (Å²) in [6, 6.07) is 21.1. The summed E-state index contributed by atoms with van der Waals surface area (Å²) < 4.78 is 4.52. The first-order chi connectivity index (χ1) is 14.6. The summed E-state index contributed by atoms with van der Waals surface area (Å²) in [5.74, 6) is -0.0461. The molecule has 0 N–H and O–H groups in total. The number of pyridine rings is 2. The highest BCUT2D eigenvalue weighted by atomic mass is 16.1. The number of hydrogen-bond donors (Lipinski definition) is 0. The van der Waals surface area contributed by atoms with Gasteiger partial charge in [-0.2, -0.15) is 0 Å². The van der Waals surface area contributed by atoms with Crippen molar-refractivity contribution in [2.45, 2.75) is 26.2 Å². The number of carbonyl (C=O) groups is 1.